The van der Waals surface area contributed by atoms with Crippen molar-refractivity contribution in [2.45, 2.75) is 19.4 Å². The zero-order chi connectivity index (χ0) is 14.7. The maximum atomic E-state index is 13.8. The van der Waals surface area contributed by atoms with Crippen LogP contribution in [0.1, 0.15) is 22.8 Å². The molecule has 1 unspecified atom stereocenters. The van der Waals surface area contributed by atoms with Gasteiger partial charge < -0.3 is 9.84 Å². The molecule has 2 aromatic carbocycles. The SMILES string of the molecule is COc1cc(F)c(C(O)Cc2ccc(C)cc2)c(F)c1. The molecule has 0 radical (unpaired) electrons. The molecule has 0 aliphatic heterocycles. The van der Waals surface area contributed by atoms with Gasteiger partial charge in [0.2, 0.25) is 0 Å². The van der Waals surface area contributed by atoms with Gasteiger partial charge in [-0.1, -0.05) is 29.8 Å². The molecule has 2 aromatic rings. The maximum Gasteiger partial charge on any atom is 0.135 e. The second-order valence-corrected chi connectivity index (χ2v) is 4.71. The summed E-state index contributed by atoms with van der Waals surface area (Å²) >= 11 is 0. The molecule has 0 aliphatic rings. The van der Waals surface area contributed by atoms with Crippen molar-refractivity contribution in [2.75, 3.05) is 7.11 Å². The van der Waals surface area contributed by atoms with Gasteiger partial charge in [-0.2, -0.15) is 0 Å². The third-order valence-corrected chi connectivity index (χ3v) is 3.17. The first kappa shape index (κ1) is 14.5. The van der Waals surface area contributed by atoms with E-state index in [-0.39, 0.29) is 17.7 Å². The Hall–Kier alpha value is -1.94. The molecule has 0 fully saturated rings. The molecule has 0 heterocycles. The van der Waals surface area contributed by atoms with E-state index in [9.17, 15) is 13.9 Å². The Labute approximate surface area is 116 Å². The van der Waals surface area contributed by atoms with Crippen molar-refractivity contribution in [3.63, 3.8) is 0 Å². The molecule has 2 nitrogen and oxygen atoms in total. The van der Waals surface area contributed by atoms with Crippen LogP contribution in [-0.2, 0) is 6.42 Å². The fourth-order valence-electron chi connectivity index (χ4n) is 2.05. The van der Waals surface area contributed by atoms with E-state index in [1.165, 1.54) is 7.11 Å². The predicted molar refractivity (Wildman–Crippen MR) is 72.8 cm³/mol. The van der Waals surface area contributed by atoms with Crippen molar-refractivity contribution in [3.05, 3.63) is 64.7 Å². The molecule has 0 saturated heterocycles. The first-order chi connectivity index (χ1) is 9.51. The molecule has 0 spiro atoms. The van der Waals surface area contributed by atoms with Crippen LogP contribution in [0.3, 0.4) is 0 Å². The Kier molecular flexibility index (Phi) is 4.35. The molecular weight excluding hydrogens is 262 g/mol. The summed E-state index contributed by atoms with van der Waals surface area (Å²) in [5.41, 5.74) is 1.58. The lowest BCUT2D eigenvalue weighted by Crippen LogP contribution is -2.08. The molecule has 1 N–H and O–H groups in total. The van der Waals surface area contributed by atoms with Crippen molar-refractivity contribution < 1.29 is 18.6 Å². The average molecular weight is 278 g/mol. The van der Waals surface area contributed by atoms with E-state index in [1.807, 2.05) is 31.2 Å². The van der Waals surface area contributed by atoms with Gasteiger partial charge in [0.15, 0.2) is 0 Å². The molecule has 0 amide bonds. The Morgan fingerprint density at radius 3 is 2.15 bits per heavy atom. The number of methoxy groups -OCH3 is 1. The zero-order valence-electron chi connectivity index (χ0n) is 11.4. The highest BCUT2D eigenvalue weighted by Gasteiger charge is 2.19. The van der Waals surface area contributed by atoms with E-state index < -0.39 is 17.7 Å². The van der Waals surface area contributed by atoms with Gasteiger partial charge in [0, 0.05) is 18.6 Å². The van der Waals surface area contributed by atoms with Gasteiger partial charge in [0.25, 0.3) is 0 Å². The highest BCUT2D eigenvalue weighted by molar-refractivity contribution is 5.33. The van der Waals surface area contributed by atoms with E-state index in [0.717, 1.165) is 23.3 Å². The number of halogens is 2. The number of ether oxygens (including phenoxy) is 1. The number of aryl methyl sites for hydroxylation is 1. The van der Waals surface area contributed by atoms with E-state index in [4.69, 9.17) is 4.74 Å². The Morgan fingerprint density at radius 2 is 1.65 bits per heavy atom. The summed E-state index contributed by atoms with van der Waals surface area (Å²) in [6.45, 7) is 1.95. The summed E-state index contributed by atoms with van der Waals surface area (Å²) in [7, 11) is 1.33. The van der Waals surface area contributed by atoms with Crippen molar-refractivity contribution in [1.29, 1.82) is 0 Å². The van der Waals surface area contributed by atoms with Crippen LogP contribution in [-0.4, -0.2) is 12.2 Å². The van der Waals surface area contributed by atoms with Gasteiger partial charge in [0.1, 0.15) is 17.4 Å². The quantitative estimate of drug-likeness (QED) is 0.926. The lowest BCUT2D eigenvalue weighted by atomic mass is 9.99. The number of aliphatic hydroxyl groups excluding tert-OH is 1. The molecule has 0 bridgehead atoms. The minimum Gasteiger partial charge on any atom is -0.497 e. The Bertz CT molecular complexity index is 571. The summed E-state index contributed by atoms with van der Waals surface area (Å²) in [6.07, 6.45) is -1.08. The van der Waals surface area contributed by atoms with E-state index in [2.05, 4.69) is 0 Å². The van der Waals surface area contributed by atoms with Crippen molar-refractivity contribution in [1.82, 2.24) is 0 Å². The number of benzene rings is 2. The van der Waals surface area contributed by atoms with Crippen LogP contribution in [0.15, 0.2) is 36.4 Å². The molecule has 0 saturated carbocycles. The van der Waals surface area contributed by atoms with Gasteiger partial charge in [-0.15, -0.1) is 0 Å². The van der Waals surface area contributed by atoms with E-state index in [1.54, 1.807) is 0 Å². The lowest BCUT2D eigenvalue weighted by molar-refractivity contribution is 0.168. The average Bonchev–Trinajstić information content (AvgIpc) is 2.40. The molecular formula is C16H16F2O2. The third kappa shape index (κ3) is 3.14. The molecule has 4 heteroatoms. The standard InChI is InChI=1S/C16H16F2O2/c1-10-3-5-11(6-4-10)7-15(19)16-13(17)8-12(20-2)9-14(16)18/h3-6,8-9,15,19H,7H2,1-2H3. The number of aliphatic hydroxyl groups is 1. The highest BCUT2D eigenvalue weighted by Crippen LogP contribution is 2.27. The number of rotatable bonds is 4. The summed E-state index contributed by atoms with van der Waals surface area (Å²) < 4.78 is 32.5. The molecule has 0 aromatic heterocycles. The van der Waals surface area contributed by atoms with E-state index in [0.29, 0.717) is 0 Å². The van der Waals surface area contributed by atoms with Crippen molar-refractivity contribution >= 4 is 0 Å². The summed E-state index contributed by atoms with van der Waals surface area (Å²) in [6, 6.07) is 9.58. The second-order valence-electron chi connectivity index (χ2n) is 4.71. The molecule has 2 rings (SSSR count). The lowest BCUT2D eigenvalue weighted by Gasteiger charge is -2.14. The van der Waals surface area contributed by atoms with Gasteiger partial charge in [-0.25, -0.2) is 8.78 Å². The fraction of sp³-hybridized carbons (Fsp3) is 0.250. The number of hydrogen-bond acceptors (Lipinski definition) is 2. The molecule has 20 heavy (non-hydrogen) atoms. The number of hydrogen-bond donors (Lipinski definition) is 1. The zero-order valence-corrected chi connectivity index (χ0v) is 11.4. The Morgan fingerprint density at radius 1 is 1.10 bits per heavy atom. The minimum absolute atomic E-state index is 0.0892. The summed E-state index contributed by atoms with van der Waals surface area (Å²) in [5, 5.41) is 10.0. The van der Waals surface area contributed by atoms with Gasteiger partial charge >= 0.3 is 0 Å². The topological polar surface area (TPSA) is 29.5 Å². The van der Waals surface area contributed by atoms with Crippen molar-refractivity contribution in [3.8, 4) is 5.75 Å². The van der Waals surface area contributed by atoms with Crippen LogP contribution >= 0.6 is 0 Å². The van der Waals surface area contributed by atoms with E-state index >= 15 is 0 Å². The minimum atomic E-state index is -1.23. The third-order valence-electron chi connectivity index (χ3n) is 3.17. The first-order valence-electron chi connectivity index (χ1n) is 6.28. The summed E-state index contributed by atoms with van der Waals surface area (Å²) in [4.78, 5) is 0. The van der Waals surface area contributed by atoms with Gasteiger partial charge in [-0.3, -0.25) is 0 Å². The van der Waals surface area contributed by atoms with Crippen LogP contribution < -0.4 is 4.74 Å². The second kappa shape index (κ2) is 6.01. The van der Waals surface area contributed by atoms with Crippen LogP contribution in [0.2, 0.25) is 0 Å². The van der Waals surface area contributed by atoms with Crippen LogP contribution in [0.5, 0.6) is 5.75 Å². The first-order valence-corrected chi connectivity index (χ1v) is 6.28. The molecule has 1 atom stereocenters. The monoisotopic (exact) mass is 278 g/mol. The maximum absolute atomic E-state index is 13.8. The largest absolute Gasteiger partial charge is 0.497 e. The van der Waals surface area contributed by atoms with Crippen LogP contribution in [0, 0.1) is 18.6 Å². The smallest absolute Gasteiger partial charge is 0.135 e. The fourth-order valence-corrected chi connectivity index (χ4v) is 2.05. The Balaban J connectivity index is 2.25. The van der Waals surface area contributed by atoms with Crippen LogP contribution in [0.25, 0.3) is 0 Å². The molecule has 106 valence electrons. The predicted octanol–water partition coefficient (Wildman–Crippen LogP) is 3.56. The normalized spacial score (nSPS) is 12.2. The highest BCUT2D eigenvalue weighted by atomic mass is 19.1. The van der Waals surface area contributed by atoms with Crippen molar-refractivity contribution in [2.24, 2.45) is 0 Å². The summed E-state index contributed by atoms with van der Waals surface area (Å²) in [5.74, 6) is -1.52. The van der Waals surface area contributed by atoms with Gasteiger partial charge in [-0.05, 0) is 12.5 Å². The molecule has 0 aliphatic carbocycles. The van der Waals surface area contributed by atoms with Crippen LogP contribution in [0.4, 0.5) is 8.78 Å². The van der Waals surface area contributed by atoms with Gasteiger partial charge in [0.05, 0.1) is 18.8 Å².